The number of carbonyl (C=O) groups excluding carboxylic acids is 2. The summed E-state index contributed by atoms with van der Waals surface area (Å²) in [5.41, 5.74) is 2.07. The number of fused-ring (bicyclic) bond motifs is 3. The van der Waals surface area contributed by atoms with Crippen molar-refractivity contribution in [2.75, 3.05) is 17.2 Å². The molecule has 0 spiro atoms. The van der Waals surface area contributed by atoms with Gasteiger partial charge in [0.05, 0.1) is 16.7 Å². The van der Waals surface area contributed by atoms with E-state index in [1.165, 1.54) is 11.8 Å². The number of amides is 1. The third-order valence-corrected chi connectivity index (χ3v) is 7.05. The molecule has 3 heterocycles. The fourth-order valence-corrected chi connectivity index (χ4v) is 5.14. The van der Waals surface area contributed by atoms with Gasteiger partial charge in [0.25, 0.3) is 5.56 Å². The van der Waals surface area contributed by atoms with Gasteiger partial charge in [-0.3, -0.25) is 23.4 Å². The number of unbranched alkanes of at least 4 members (excludes halogenated alkanes) is 1. The molecular formula is C25H25N5O3S. The molecule has 1 fully saturated rings. The number of anilines is 1. The molecule has 174 valence electrons. The van der Waals surface area contributed by atoms with Crippen molar-refractivity contribution in [3.63, 3.8) is 0 Å². The highest BCUT2D eigenvalue weighted by molar-refractivity contribution is 7.99. The predicted molar refractivity (Wildman–Crippen MR) is 133 cm³/mol. The highest BCUT2D eigenvalue weighted by atomic mass is 32.2. The first kappa shape index (κ1) is 22.3. The molecule has 0 unspecified atom stereocenters. The molecule has 1 amide bonds. The molecule has 0 N–H and O–H groups in total. The monoisotopic (exact) mass is 475 g/mol. The average Bonchev–Trinajstić information content (AvgIpc) is 3.49. The van der Waals surface area contributed by atoms with Crippen molar-refractivity contribution in [1.29, 1.82) is 0 Å². The number of rotatable bonds is 8. The summed E-state index contributed by atoms with van der Waals surface area (Å²) in [4.78, 5) is 39.6. The molecule has 1 aliphatic rings. The van der Waals surface area contributed by atoms with Gasteiger partial charge in [0.1, 0.15) is 0 Å². The molecule has 5 rings (SSSR count). The van der Waals surface area contributed by atoms with Crippen LogP contribution >= 0.6 is 11.8 Å². The van der Waals surface area contributed by atoms with Crippen molar-refractivity contribution in [2.24, 2.45) is 0 Å². The summed E-state index contributed by atoms with van der Waals surface area (Å²) in [6.45, 7) is 3.37. The molecule has 2 aromatic heterocycles. The number of ketones is 1. The standard InChI is InChI=1S/C25H25N5O3S/c1-2-3-14-29-23(33)19-7-4-5-8-20(19)30-24(29)26-27-25(30)34-16-21(31)17-10-12-18(13-11-17)28-15-6-9-22(28)32/h4-5,7-8,10-13H,2-3,6,9,14-16H2,1H3. The lowest BCUT2D eigenvalue weighted by Gasteiger charge is -2.15. The van der Waals surface area contributed by atoms with Gasteiger partial charge in [-0.05, 0) is 49.2 Å². The minimum Gasteiger partial charge on any atom is -0.312 e. The number of hydrogen-bond donors (Lipinski definition) is 0. The molecule has 1 saturated heterocycles. The van der Waals surface area contributed by atoms with Gasteiger partial charge in [-0.1, -0.05) is 37.2 Å². The lowest BCUT2D eigenvalue weighted by atomic mass is 10.1. The largest absolute Gasteiger partial charge is 0.312 e. The molecule has 8 nitrogen and oxygen atoms in total. The van der Waals surface area contributed by atoms with Crippen molar-refractivity contribution in [1.82, 2.24) is 19.2 Å². The van der Waals surface area contributed by atoms with Crippen LogP contribution in [0.15, 0.2) is 58.5 Å². The van der Waals surface area contributed by atoms with E-state index in [0.29, 0.717) is 34.8 Å². The van der Waals surface area contributed by atoms with Crippen LogP contribution < -0.4 is 10.5 Å². The second kappa shape index (κ2) is 9.42. The summed E-state index contributed by atoms with van der Waals surface area (Å²) in [7, 11) is 0. The van der Waals surface area contributed by atoms with Crippen molar-refractivity contribution in [3.8, 4) is 0 Å². The van der Waals surface area contributed by atoms with Gasteiger partial charge in [-0.2, -0.15) is 0 Å². The minimum atomic E-state index is -0.0758. The van der Waals surface area contributed by atoms with E-state index in [1.807, 2.05) is 40.8 Å². The van der Waals surface area contributed by atoms with Crippen LogP contribution in [-0.2, 0) is 11.3 Å². The normalized spacial score (nSPS) is 13.9. The van der Waals surface area contributed by atoms with Crippen molar-refractivity contribution in [2.45, 2.75) is 44.3 Å². The number of thioether (sulfide) groups is 1. The Bertz CT molecular complexity index is 1440. The minimum absolute atomic E-state index is 0.0374. The first-order valence-electron chi connectivity index (χ1n) is 11.5. The Hall–Kier alpha value is -3.46. The number of aromatic nitrogens is 4. The number of Topliss-reactive ketones (excluding diaryl/α,β-unsaturated/α-hetero) is 1. The summed E-state index contributed by atoms with van der Waals surface area (Å²) in [6.07, 6.45) is 3.26. The molecule has 4 aromatic rings. The van der Waals surface area contributed by atoms with E-state index >= 15 is 0 Å². The number of para-hydroxylation sites is 1. The summed E-state index contributed by atoms with van der Waals surface area (Å²) in [5, 5.41) is 9.79. The number of benzene rings is 2. The zero-order valence-electron chi connectivity index (χ0n) is 18.9. The fraction of sp³-hybridized carbons (Fsp3) is 0.320. The van der Waals surface area contributed by atoms with E-state index in [0.717, 1.165) is 37.0 Å². The van der Waals surface area contributed by atoms with Gasteiger partial charge in [-0.25, -0.2) is 0 Å². The van der Waals surface area contributed by atoms with Crippen molar-refractivity contribution < 1.29 is 9.59 Å². The highest BCUT2D eigenvalue weighted by Gasteiger charge is 2.22. The fourth-order valence-electron chi connectivity index (χ4n) is 4.31. The smallest absolute Gasteiger partial charge is 0.262 e. The molecule has 0 radical (unpaired) electrons. The van der Waals surface area contributed by atoms with Gasteiger partial charge >= 0.3 is 0 Å². The topological polar surface area (TPSA) is 89.6 Å². The average molecular weight is 476 g/mol. The van der Waals surface area contributed by atoms with Crippen LogP contribution in [0.4, 0.5) is 5.69 Å². The Labute approximate surface area is 200 Å². The summed E-state index contributed by atoms with van der Waals surface area (Å²) in [6, 6.07) is 14.6. The molecular weight excluding hydrogens is 450 g/mol. The predicted octanol–water partition coefficient (Wildman–Crippen LogP) is 3.95. The Balaban J connectivity index is 1.41. The van der Waals surface area contributed by atoms with Crippen LogP contribution in [0, 0.1) is 0 Å². The zero-order valence-corrected chi connectivity index (χ0v) is 19.8. The van der Waals surface area contributed by atoms with Gasteiger partial charge < -0.3 is 4.90 Å². The molecule has 2 aromatic carbocycles. The second-order valence-corrected chi connectivity index (χ2v) is 9.30. The van der Waals surface area contributed by atoms with Crippen LogP contribution in [0.25, 0.3) is 16.7 Å². The summed E-state index contributed by atoms with van der Waals surface area (Å²) >= 11 is 1.30. The molecule has 0 atom stereocenters. The maximum absolute atomic E-state index is 13.0. The molecule has 0 bridgehead atoms. The third kappa shape index (κ3) is 4.00. The molecule has 1 aliphatic heterocycles. The lowest BCUT2D eigenvalue weighted by Crippen LogP contribution is -2.23. The van der Waals surface area contributed by atoms with E-state index in [-0.39, 0.29) is 23.0 Å². The van der Waals surface area contributed by atoms with Crippen molar-refractivity contribution >= 4 is 45.8 Å². The van der Waals surface area contributed by atoms with Gasteiger partial charge in [0.2, 0.25) is 11.7 Å². The maximum atomic E-state index is 13.0. The molecule has 0 saturated carbocycles. The molecule has 0 aliphatic carbocycles. The van der Waals surface area contributed by atoms with Crippen LogP contribution in [0.2, 0.25) is 0 Å². The van der Waals surface area contributed by atoms with Gasteiger partial charge in [0, 0.05) is 30.8 Å². The first-order chi connectivity index (χ1) is 16.6. The van der Waals surface area contributed by atoms with Gasteiger partial charge in [-0.15, -0.1) is 10.2 Å². The first-order valence-corrected chi connectivity index (χ1v) is 12.5. The van der Waals surface area contributed by atoms with E-state index < -0.39 is 0 Å². The maximum Gasteiger partial charge on any atom is 0.262 e. The second-order valence-electron chi connectivity index (χ2n) is 8.35. The van der Waals surface area contributed by atoms with Crippen LogP contribution in [0.1, 0.15) is 43.0 Å². The Morgan fingerprint density at radius 1 is 1.06 bits per heavy atom. The molecule has 9 heteroatoms. The van der Waals surface area contributed by atoms with Crippen molar-refractivity contribution in [3.05, 3.63) is 64.4 Å². The Morgan fingerprint density at radius 3 is 2.59 bits per heavy atom. The quantitative estimate of drug-likeness (QED) is 0.283. The summed E-state index contributed by atoms with van der Waals surface area (Å²) in [5.74, 6) is 0.764. The van der Waals surface area contributed by atoms with E-state index in [1.54, 1.807) is 21.6 Å². The van der Waals surface area contributed by atoms with Gasteiger partial charge in [0.15, 0.2) is 10.9 Å². The number of hydrogen-bond acceptors (Lipinski definition) is 6. The number of aryl methyl sites for hydroxylation is 1. The SMILES string of the molecule is CCCCn1c(=O)c2ccccc2n2c(SCC(=O)c3ccc(N4CCCC4=O)cc3)nnc12. The van der Waals surface area contributed by atoms with E-state index in [9.17, 15) is 14.4 Å². The lowest BCUT2D eigenvalue weighted by molar-refractivity contribution is -0.117. The van der Waals surface area contributed by atoms with Crippen LogP contribution in [0.5, 0.6) is 0 Å². The highest BCUT2D eigenvalue weighted by Crippen LogP contribution is 2.25. The number of nitrogens with zero attached hydrogens (tertiary/aromatic N) is 5. The Morgan fingerprint density at radius 2 is 1.85 bits per heavy atom. The Kier molecular flexibility index (Phi) is 6.19. The van der Waals surface area contributed by atoms with Crippen LogP contribution in [-0.4, -0.2) is 43.2 Å². The third-order valence-electron chi connectivity index (χ3n) is 6.12. The van der Waals surface area contributed by atoms with E-state index in [2.05, 4.69) is 17.1 Å². The summed E-state index contributed by atoms with van der Waals surface area (Å²) < 4.78 is 3.54. The number of carbonyl (C=O) groups is 2. The van der Waals surface area contributed by atoms with Crippen LogP contribution in [0.3, 0.4) is 0 Å². The molecule has 34 heavy (non-hydrogen) atoms. The van der Waals surface area contributed by atoms with E-state index in [4.69, 9.17) is 0 Å². The zero-order chi connectivity index (χ0) is 23.7.